The molecule has 3 heterocycles. The van der Waals surface area contributed by atoms with Gasteiger partial charge in [0.25, 0.3) is 0 Å². The molecule has 2 N–H and O–H groups in total. The lowest BCUT2D eigenvalue weighted by Gasteiger charge is -2.35. The van der Waals surface area contributed by atoms with Crippen molar-refractivity contribution in [1.82, 2.24) is 15.1 Å². The monoisotopic (exact) mass is 297 g/mol. The summed E-state index contributed by atoms with van der Waals surface area (Å²) in [5.74, 6) is -1.24. The van der Waals surface area contributed by atoms with E-state index in [2.05, 4.69) is 10.2 Å². The smallest absolute Gasteiger partial charge is 0.317 e. The maximum absolute atomic E-state index is 12.0. The van der Waals surface area contributed by atoms with Gasteiger partial charge in [-0.3, -0.25) is 9.69 Å². The molecule has 0 aromatic heterocycles. The van der Waals surface area contributed by atoms with Crippen LogP contribution in [0.2, 0.25) is 0 Å². The van der Waals surface area contributed by atoms with E-state index in [-0.39, 0.29) is 12.1 Å². The number of nitrogens with zero attached hydrogens (tertiary/aromatic N) is 2. The Balaban J connectivity index is 1.41. The van der Waals surface area contributed by atoms with Crippen LogP contribution in [0, 0.1) is 5.92 Å². The molecule has 3 rings (SSSR count). The number of aliphatic carboxylic acids is 1. The summed E-state index contributed by atoms with van der Waals surface area (Å²) in [5, 5.41) is 11.8. The van der Waals surface area contributed by atoms with E-state index >= 15 is 0 Å². The van der Waals surface area contributed by atoms with Crippen molar-refractivity contribution in [2.75, 3.05) is 39.3 Å². The number of amides is 2. The zero-order valence-electron chi connectivity index (χ0n) is 12.2. The van der Waals surface area contributed by atoms with Gasteiger partial charge in [0.1, 0.15) is 0 Å². The molecule has 2 amide bonds. The molecule has 3 fully saturated rings. The Kier molecular flexibility index (Phi) is 4.30. The Labute approximate surface area is 124 Å². The predicted octanol–water partition coefficient (Wildman–Crippen LogP) is -0.0343. The number of rotatable bonds is 3. The van der Waals surface area contributed by atoms with Crippen molar-refractivity contribution in [3.63, 3.8) is 0 Å². The molecule has 0 radical (unpaired) electrons. The third-order valence-corrected chi connectivity index (χ3v) is 4.77. The van der Waals surface area contributed by atoms with Crippen molar-refractivity contribution in [2.45, 2.75) is 31.4 Å². The van der Waals surface area contributed by atoms with Gasteiger partial charge in [-0.1, -0.05) is 0 Å². The molecule has 7 heteroatoms. The molecule has 21 heavy (non-hydrogen) atoms. The fraction of sp³-hybridized carbons (Fsp3) is 0.857. The van der Waals surface area contributed by atoms with Gasteiger partial charge in [-0.05, 0) is 25.8 Å². The summed E-state index contributed by atoms with van der Waals surface area (Å²) in [6.45, 7) is 4.08. The summed E-state index contributed by atoms with van der Waals surface area (Å²) < 4.78 is 5.80. The maximum atomic E-state index is 12.0. The van der Waals surface area contributed by atoms with Crippen molar-refractivity contribution in [2.24, 2.45) is 5.92 Å². The number of carboxylic acids is 1. The first-order valence-corrected chi connectivity index (χ1v) is 7.74. The molecular formula is C14H23N3O4. The third-order valence-electron chi connectivity index (χ3n) is 4.77. The zero-order valence-corrected chi connectivity index (χ0v) is 12.2. The molecule has 118 valence electrons. The van der Waals surface area contributed by atoms with Crippen LogP contribution in [0.4, 0.5) is 4.79 Å². The van der Waals surface area contributed by atoms with Gasteiger partial charge in [0.2, 0.25) is 0 Å². The second-order valence-electron chi connectivity index (χ2n) is 6.20. The molecule has 0 aliphatic carbocycles. The fourth-order valence-corrected chi connectivity index (χ4v) is 3.47. The summed E-state index contributed by atoms with van der Waals surface area (Å²) in [5.41, 5.74) is 0. The van der Waals surface area contributed by atoms with Crippen LogP contribution < -0.4 is 5.32 Å². The molecule has 0 spiro atoms. The van der Waals surface area contributed by atoms with Crippen LogP contribution in [0.5, 0.6) is 0 Å². The van der Waals surface area contributed by atoms with Crippen LogP contribution in [-0.4, -0.2) is 78.4 Å². The number of hydrogen-bond donors (Lipinski definition) is 2. The summed E-state index contributed by atoms with van der Waals surface area (Å²) in [6.07, 6.45) is 3.03. The minimum Gasteiger partial charge on any atom is -0.481 e. The Morgan fingerprint density at radius 3 is 2.86 bits per heavy atom. The van der Waals surface area contributed by atoms with E-state index in [1.54, 1.807) is 4.90 Å². The van der Waals surface area contributed by atoms with Crippen LogP contribution in [0.3, 0.4) is 0 Å². The van der Waals surface area contributed by atoms with Gasteiger partial charge in [0, 0.05) is 32.2 Å². The minimum atomic E-state index is -0.819. The van der Waals surface area contributed by atoms with Gasteiger partial charge in [0.05, 0.1) is 18.6 Å². The summed E-state index contributed by atoms with van der Waals surface area (Å²) in [6, 6.07) is 0.387. The highest BCUT2D eigenvalue weighted by molar-refractivity contribution is 5.77. The predicted molar refractivity (Wildman–Crippen MR) is 75.0 cm³/mol. The number of morpholine rings is 1. The van der Waals surface area contributed by atoms with Crippen LogP contribution in [-0.2, 0) is 9.53 Å². The summed E-state index contributed by atoms with van der Waals surface area (Å²) >= 11 is 0. The molecular weight excluding hydrogens is 274 g/mol. The Morgan fingerprint density at radius 2 is 2.10 bits per heavy atom. The van der Waals surface area contributed by atoms with Crippen molar-refractivity contribution in [3.05, 3.63) is 0 Å². The summed E-state index contributed by atoms with van der Waals surface area (Å²) in [4.78, 5) is 27.0. The number of ether oxygens (including phenoxy) is 1. The highest BCUT2D eigenvalue weighted by Gasteiger charge is 2.34. The lowest BCUT2D eigenvalue weighted by atomic mass is 10.1. The van der Waals surface area contributed by atoms with Crippen molar-refractivity contribution in [1.29, 1.82) is 0 Å². The van der Waals surface area contributed by atoms with Gasteiger partial charge < -0.3 is 20.1 Å². The fourth-order valence-electron chi connectivity index (χ4n) is 3.47. The highest BCUT2D eigenvalue weighted by Crippen LogP contribution is 2.22. The molecule has 3 unspecified atom stereocenters. The SMILES string of the molecule is O=C(O)C1CCN(C(=O)NCC2CN3CCCC3CO2)C1. The third kappa shape index (κ3) is 3.29. The van der Waals surface area contributed by atoms with Gasteiger partial charge in [-0.15, -0.1) is 0 Å². The number of carbonyl (C=O) groups is 2. The standard InChI is InChI=1S/C14H23N3O4/c18-13(19)10-3-5-17(7-10)14(20)15-6-12-8-16-4-1-2-11(16)9-21-12/h10-12H,1-9H2,(H,15,20)(H,18,19). The van der Waals surface area contributed by atoms with Gasteiger partial charge in [0.15, 0.2) is 0 Å². The molecule has 0 aromatic rings. The first kappa shape index (κ1) is 14.6. The van der Waals surface area contributed by atoms with E-state index in [1.807, 2.05) is 0 Å². The average molecular weight is 297 g/mol. The van der Waals surface area contributed by atoms with Crippen molar-refractivity contribution >= 4 is 12.0 Å². The first-order chi connectivity index (χ1) is 10.1. The second kappa shape index (κ2) is 6.19. The van der Waals surface area contributed by atoms with Gasteiger partial charge >= 0.3 is 12.0 Å². The van der Waals surface area contributed by atoms with Crippen LogP contribution >= 0.6 is 0 Å². The van der Waals surface area contributed by atoms with Crippen LogP contribution in [0.1, 0.15) is 19.3 Å². The first-order valence-electron chi connectivity index (χ1n) is 7.74. The molecule has 0 saturated carbocycles. The Bertz CT molecular complexity index is 417. The number of likely N-dealkylation sites (tertiary alicyclic amines) is 1. The molecule has 3 aliphatic rings. The lowest BCUT2D eigenvalue weighted by Crippen LogP contribution is -2.51. The Hall–Kier alpha value is -1.34. The van der Waals surface area contributed by atoms with Crippen LogP contribution in [0.25, 0.3) is 0 Å². The van der Waals surface area contributed by atoms with Crippen LogP contribution in [0.15, 0.2) is 0 Å². The summed E-state index contributed by atoms with van der Waals surface area (Å²) in [7, 11) is 0. The number of fused-ring (bicyclic) bond motifs is 1. The number of urea groups is 1. The minimum absolute atomic E-state index is 0.0428. The second-order valence-corrected chi connectivity index (χ2v) is 6.20. The van der Waals surface area contributed by atoms with E-state index < -0.39 is 11.9 Å². The van der Waals surface area contributed by atoms with Crippen molar-refractivity contribution in [3.8, 4) is 0 Å². The van der Waals surface area contributed by atoms with Gasteiger partial charge in [-0.2, -0.15) is 0 Å². The van der Waals surface area contributed by atoms with E-state index in [4.69, 9.17) is 9.84 Å². The topological polar surface area (TPSA) is 82.1 Å². The molecule has 0 bridgehead atoms. The normalized spacial score (nSPS) is 33.0. The highest BCUT2D eigenvalue weighted by atomic mass is 16.5. The maximum Gasteiger partial charge on any atom is 0.317 e. The number of carbonyl (C=O) groups excluding carboxylic acids is 1. The van der Waals surface area contributed by atoms with E-state index in [0.717, 1.165) is 19.7 Å². The van der Waals surface area contributed by atoms with Gasteiger partial charge in [-0.25, -0.2) is 4.79 Å². The van der Waals surface area contributed by atoms with Crippen molar-refractivity contribution < 1.29 is 19.4 Å². The molecule has 3 atom stereocenters. The lowest BCUT2D eigenvalue weighted by molar-refractivity contribution is -0.141. The molecule has 3 aliphatic heterocycles. The van der Waals surface area contributed by atoms with E-state index in [9.17, 15) is 9.59 Å². The number of hydrogen-bond acceptors (Lipinski definition) is 4. The number of carboxylic acid groups (broad SMARTS) is 1. The average Bonchev–Trinajstić information content (AvgIpc) is 3.12. The van der Waals surface area contributed by atoms with E-state index in [0.29, 0.717) is 32.1 Å². The quantitative estimate of drug-likeness (QED) is 0.764. The Morgan fingerprint density at radius 1 is 1.24 bits per heavy atom. The molecule has 7 nitrogen and oxygen atoms in total. The molecule has 3 saturated heterocycles. The van der Waals surface area contributed by atoms with E-state index in [1.165, 1.54) is 12.8 Å². The number of nitrogens with one attached hydrogen (secondary N) is 1. The zero-order chi connectivity index (χ0) is 14.8. The molecule has 0 aromatic carbocycles. The largest absolute Gasteiger partial charge is 0.481 e.